The van der Waals surface area contributed by atoms with Gasteiger partial charge in [-0.2, -0.15) is 0 Å². The third-order valence-electron chi connectivity index (χ3n) is 1.29. The smallest absolute Gasteiger partial charge is 0.165 e. The number of hydrogen-bond acceptors (Lipinski definition) is 3. The second-order valence-electron chi connectivity index (χ2n) is 2.55. The lowest BCUT2D eigenvalue weighted by molar-refractivity contribution is 0.971. The van der Waals surface area contributed by atoms with E-state index in [2.05, 4.69) is 9.97 Å². The van der Waals surface area contributed by atoms with Crippen molar-refractivity contribution in [2.24, 2.45) is 5.73 Å². The van der Waals surface area contributed by atoms with Gasteiger partial charge in [-0.1, -0.05) is 18.7 Å². The van der Waals surface area contributed by atoms with Gasteiger partial charge in [0.1, 0.15) is 0 Å². The second-order valence-corrected chi connectivity index (χ2v) is 3.98. The molecule has 1 unspecified atom stereocenters. The van der Waals surface area contributed by atoms with E-state index in [1.54, 1.807) is 24.2 Å². The predicted molar refractivity (Wildman–Crippen MR) is 50.4 cm³/mol. The fraction of sp³-hybridized carbons (Fsp3) is 0.429. The van der Waals surface area contributed by atoms with Crippen LogP contribution in [0.5, 0.6) is 0 Å². The number of H-pyrrole nitrogens is 1. The number of aromatic nitrogens is 2. The minimum Gasteiger partial charge on any atom is -0.388 e. The van der Waals surface area contributed by atoms with Crippen molar-refractivity contribution in [2.45, 2.75) is 23.8 Å². The molecule has 1 aromatic heterocycles. The van der Waals surface area contributed by atoms with E-state index in [-0.39, 0.29) is 5.84 Å². The van der Waals surface area contributed by atoms with Crippen LogP contribution in [0.1, 0.15) is 13.3 Å². The summed E-state index contributed by atoms with van der Waals surface area (Å²) < 4.78 is 0. The number of aromatic amines is 1. The molecular formula is C7H12N4S. The van der Waals surface area contributed by atoms with Gasteiger partial charge in [0.2, 0.25) is 0 Å². The maximum Gasteiger partial charge on any atom is 0.165 e. The van der Waals surface area contributed by atoms with E-state index in [1.165, 1.54) is 0 Å². The Bertz CT molecular complexity index is 244. The van der Waals surface area contributed by atoms with Gasteiger partial charge >= 0.3 is 0 Å². The quantitative estimate of drug-likeness (QED) is 0.374. The summed E-state index contributed by atoms with van der Waals surface area (Å²) in [6.07, 6.45) is 4.09. The molecular weight excluding hydrogens is 172 g/mol. The fourth-order valence-electron chi connectivity index (χ4n) is 0.857. The molecule has 4 N–H and O–H groups in total. The van der Waals surface area contributed by atoms with Crippen LogP contribution in [0.4, 0.5) is 0 Å². The topological polar surface area (TPSA) is 78.6 Å². The molecule has 0 saturated carbocycles. The number of nitrogens with one attached hydrogen (secondary N) is 2. The number of rotatable bonds is 4. The normalized spacial score (nSPS) is 12.8. The van der Waals surface area contributed by atoms with Gasteiger partial charge in [-0.05, 0) is 0 Å². The minimum absolute atomic E-state index is 0.224. The SMILES string of the molecule is CC(CC(=N)N)Sc1ncc[nH]1. The van der Waals surface area contributed by atoms with Gasteiger partial charge in [-0.3, -0.25) is 5.41 Å². The first-order chi connectivity index (χ1) is 5.68. The lowest BCUT2D eigenvalue weighted by atomic mass is 10.3. The Morgan fingerprint density at radius 1 is 1.92 bits per heavy atom. The van der Waals surface area contributed by atoms with E-state index < -0.39 is 0 Å². The van der Waals surface area contributed by atoms with Crippen LogP contribution in [0.2, 0.25) is 0 Å². The van der Waals surface area contributed by atoms with Gasteiger partial charge in [0, 0.05) is 24.1 Å². The molecule has 0 spiro atoms. The Labute approximate surface area is 75.5 Å². The molecule has 1 heterocycles. The minimum atomic E-state index is 0.224. The molecule has 0 radical (unpaired) electrons. The molecule has 4 nitrogen and oxygen atoms in total. The summed E-state index contributed by atoms with van der Waals surface area (Å²) >= 11 is 1.59. The first-order valence-corrected chi connectivity index (χ1v) is 4.55. The van der Waals surface area contributed by atoms with Crippen LogP contribution in [0.15, 0.2) is 17.6 Å². The summed E-state index contributed by atoms with van der Waals surface area (Å²) in [7, 11) is 0. The molecule has 0 aliphatic carbocycles. The van der Waals surface area contributed by atoms with Gasteiger partial charge in [0.25, 0.3) is 0 Å². The number of thioether (sulfide) groups is 1. The van der Waals surface area contributed by atoms with Crippen molar-refractivity contribution in [3.05, 3.63) is 12.4 Å². The molecule has 0 aromatic carbocycles. The third kappa shape index (κ3) is 2.96. The summed E-state index contributed by atoms with van der Waals surface area (Å²) in [5, 5.41) is 8.27. The lowest BCUT2D eigenvalue weighted by Crippen LogP contribution is -2.14. The van der Waals surface area contributed by atoms with Crippen molar-refractivity contribution < 1.29 is 0 Å². The van der Waals surface area contributed by atoms with Crippen LogP contribution in [-0.4, -0.2) is 21.1 Å². The van der Waals surface area contributed by atoms with Crippen LogP contribution in [0.25, 0.3) is 0 Å². The van der Waals surface area contributed by atoms with Gasteiger partial charge in [-0.25, -0.2) is 4.98 Å². The maximum absolute atomic E-state index is 7.09. The van der Waals surface area contributed by atoms with E-state index in [4.69, 9.17) is 11.1 Å². The predicted octanol–water partition coefficient (Wildman–Crippen LogP) is 1.22. The first-order valence-electron chi connectivity index (χ1n) is 3.67. The van der Waals surface area contributed by atoms with E-state index in [9.17, 15) is 0 Å². The number of nitrogens with zero attached hydrogens (tertiary/aromatic N) is 1. The highest BCUT2D eigenvalue weighted by Gasteiger charge is 2.06. The van der Waals surface area contributed by atoms with Gasteiger partial charge < -0.3 is 10.7 Å². The Balaban J connectivity index is 2.36. The maximum atomic E-state index is 7.09. The molecule has 1 aromatic rings. The molecule has 66 valence electrons. The van der Waals surface area contributed by atoms with Gasteiger partial charge in [0.15, 0.2) is 5.16 Å². The summed E-state index contributed by atoms with van der Waals surface area (Å²) in [5.74, 6) is 0.224. The summed E-state index contributed by atoms with van der Waals surface area (Å²) in [5.41, 5.74) is 5.26. The molecule has 0 saturated heterocycles. The highest BCUT2D eigenvalue weighted by molar-refractivity contribution is 7.99. The summed E-state index contributed by atoms with van der Waals surface area (Å²) in [6, 6.07) is 0. The molecule has 5 heteroatoms. The van der Waals surface area contributed by atoms with Crippen LogP contribution < -0.4 is 5.73 Å². The first kappa shape index (κ1) is 9.12. The molecule has 0 aliphatic rings. The van der Waals surface area contributed by atoms with Crippen LogP contribution in [0.3, 0.4) is 0 Å². The van der Waals surface area contributed by atoms with Gasteiger partial charge in [-0.15, -0.1) is 0 Å². The fourth-order valence-corrected chi connectivity index (χ4v) is 1.76. The Morgan fingerprint density at radius 3 is 3.17 bits per heavy atom. The number of hydrogen-bond donors (Lipinski definition) is 3. The average molecular weight is 184 g/mol. The van der Waals surface area contributed by atoms with E-state index >= 15 is 0 Å². The standard InChI is InChI=1S/C7H12N4S/c1-5(4-6(8)9)12-7-10-2-3-11-7/h2-3,5H,4H2,1H3,(H3,8,9)(H,10,11). The third-order valence-corrected chi connectivity index (χ3v) is 2.31. The van der Waals surface area contributed by atoms with E-state index in [0.29, 0.717) is 11.7 Å². The highest BCUT2D eigenvalue weighted by Crippen LogP contribution is 2.20. The number of imidazole rings is 1. The molecule has 1 atom stereocenters. The van der Waals surface area contributed by atoms with E-state index in [0.717, 1.165) is 5.16 Å². The Kier molecular flexibility index (Phi) is 3.16. The second kappa shape index (κ2) is 4.15. The van der Waals surface area contributed by atoms with Crippen LogP contribution in [-0.2, 0) is 0 Å². The molecule has 0 fully saturated rings. The van der Waals surface area contributed by atoms with Crippen LogP contribution in [0, 0.1) is 5.41 Å². The molecule has 0 bridgehead atoms. The molecule has 0 amide bonds. The van der Waals surface area contributed by atoms with Crippen molar-refractivity contribution in [3.8, 4) is 0 Å². The van der Waals surface area contributed by atoms with Crippen molar-refractivity contribution in [1.29, 1.82) is 5.41 Å². The Hall–Kier alpha value is -0.970. The summed E-state index contributed by atoms with van der Waals surface area (Å²) in [4.78, 5) is 7.04. The largest absolute Gasteiger partial charge is 0.388 e. The van der Waals surface area contributed by atoms with E-state index in [1.807, 2.05) is 6.92 Å². The van der Waals surface area contributed by atoms with Crippen molar-refractivity contribution in [3.63, 3.8) is 0 Å². The molecule has 0 aliphatic heterocycles. The molecule has 1 rings (SSSR count). The lowest BCUT2D eigenvalue weighted by Gasteiger charge is -2.06. The number of amidine groups is 1. The summed E-state index contributed by atoms with van der Waals surface area (Å²) in [6.45, 7) is 2.02. The Morgan fingerprint density at radius 2 is 2.67 bits per heavy atom. The highest BCUT2D eigenvalue weighted by atomic mass is 32.2. The molecule has 12 heavy (non-hydrogen) atoms. The van der Waals surface area contributed by atoms with Gasteiger partial charge in [0.05, 0.1) is 5.84 Å². The van der Waals surface area contributed by atoms with Crippen molar-refractivity contribution >= 4 is 17.6 Å². The van der Waals surface area contributed by atoms with Crippen LogP contribution >= 0.6 is 11.8 Å². The zero-order valence-corrected chi connectivity index (χ0v) is 7.69. The zero-order valence-electron chi connectivity index (χ0n) is 6.87. The monoisotopic (exact) mass is 184 g/mol. The average Bonchev–Trinajstić information content (AvgIpc) is 2.37. The zero-order chi connectivity index (χ0) is 8.97. The van der Waals surface area contributed by atoms with Crippen molar-refractivity contribution in [2.75, 3.05) is 0 Å². The number of nitrogens with two attached hydrogens (primary N) is 1. The van der Waals surface area contributed by atoms with Crippen molar-refractivity contribution in [1.82, 2.24) is 9.97 Å².